The summed E-state index contributed by atoms with van der Waals surface area (Å²) < 4.78 is 11.2. The Morgan fingerprint density at radius 2 is 1.81 bits per heavy atom. The molecule has 0 unspecified atom stereocenters. The van der Waals surface area contributed by atoms with Crippen LogP contribution in [0.5, 0.6) is 0 Å². The summed E-state index contributed by atoms with van der Waals surface area (Å²) in [5, 5.41) is 3.47. The molecule has 0 saturated carbocycles. The lowest BCUT2D eigenvalue weighted by Gasteiger charge is -2.15. The molecular formula is C20H20N2O4. The number of hydrogen-bond acceptors (Lipinski definition) is 4. The highest BCUT2D eigenvalue weighted by molar-refractivity contribution is 6.01. The van der Waals surface area contributed by atoms with E-state index in [1.165, 1.54) is 0 Å². The Balaban J connectivity index is 1.94. The maximum absolute atomic E-state index is 12.8. The largest absolute Gasteiger partial charge is 0.451 e. The van der Waals surface area contributed by atoms with Gasteiger partial charge in [-0.05, 0) is 18.6 Å². The van der Waals surface area contributed by atoms with Crippen LogP contribution < -0.4 is 11.1 Å². The van der Waals surface area contributed by atoms with Crippen LogP contribution in [0.4, 0.5) is 0 Å². The SMILES string of the molecule is CCOCc1c(C(=O)N[C@@H](C(N)=O)c2ccccc2)oc2ccccc12. The molecule has 0 radical (unpaired) electrons. The molecular weight excluding hydrogens is 332 g/mol. The normalized spacial score (nSPS) is 12.0. The van der Waals surface area contributed by atoms with Crippen LogP contribution in [0.3, 0.4) is 0 Å². The van der Waals surface area contributed by atoms with Gasteiger partial charge in [-0.25, -0.2) is 0 Å². The first kappa shape index (κ1) is 17.7. The van der Waals surface area contributed by atoms with Gasteiger partial charge < -0.3 is 20.2 Å². The van der Waals surface area contributed by atoms with Crippen LogP contribution in [-0.2, 0) is 16.1 Å². The summed E-state index contributed by atoms with van der Waals surface area (Å²) in [5.41, 5.74) is 7.32. The predicted molar refractivity (Wildman–Crippen MR) is 97.4 cm³/mol. The van der Waals surface area contributed by atoms with E-state index >= 15 is 0 Å². The number of primary amides is 1. The summed E-state index contributed by atoms with van der Waals surface area (Å²) >= 11 is 0. The van der Waals surface area contributed by atoms with Crippen molar-refractivity contribution in [3.63, 3.8) is 0 Å². The van der Waals surface area contributed by atoms with Crippen molar-refractivity contribution in [3.8, 4) is 0 Å². The summed E-state index contributed by atoms with van der Waals surface area (Å²) in [6.45, 7) is 2.62. The number of nitrogens with one attached hydrogen (secondary N) is 1. The fraction of sp³-hybridized carbons (Fsp3) is 0.200. The number of nitrogens with two attached hydrogens (primary N) is 1. The van der Waals surface area contributed by atoms with Gasteiger partial charge in [0.25, 0.3) is 5.91 Å². The van der Waals surface area contributed by atoms with Gasteiger partial charge in [0, 0.05) is 17.6 Å². The average molecular weight is 352 g/mol. The summed E-state index contributed by atoms with van der Waals surface area (Å²) in [6.07, 6.45) is 0. The molecule has 0 aliphatic rings. The van der Waals surface area contributed by atoms with Crippen LogP contribution in [0.15, 0.2) is 59.0 Å². The van der Waals surface area contributed by atoms with E-state index in [2.05, 4.69) is 5.32 Å². The summed E-state index contributed by atoms with van der Waals surface area (Å²) in [7, 11) is 0. The van der Waals surface area contributed by atoms with Gasteiger partial charge in [-0.15, -0.1) is 0 Å². The highest BCUT2D eigenvalue weighted by Crippen LogP contribution is 2.27. The average Bonchev–Trinajstić information content (AvgIpc) is 3.03. The van der Waals surface area contributed by atoms with Crippen molar-refractivity contribution in [1.29, 1.82) is 0 Å². The lowest BCUT2D eigenvalue weighted by molar-refractivity contribution is -0.120. The molecule has 1 atom stereocenters. The van der Waals surface area contributed by atoms with Gasteiger partial charge in [-0.2, -0.15) is 0 Å². The molecule has 134 valence electrons. The minimum absolute atomic E-state index is 0.127. The Bertz CT molecular complexity index is 918. The molecule has 0 aliphatic carbocycles. The van der Waals surface area contributed by atoms with E-state index in [1.54, 1.807) is 30.3 Å². The van der Waals surface area contributed by atoms with Gasteiger partial charge in [-0.3, -0.25) is 9.59 Å². The van der Waals surface area contributed by atoms with Crippen molar-refractivity contribution >= 4 is 22.8 Å². The molecule has 1 heterocycles. The number of furan rings is 1. The molecule has 0 bridgehead atoms. The lowest BCUT2D eigenvalue weighted by atomic mass is 10.1. The van der Waals surface area contributed by atoms with E-state index in [1.807, 2.05) is 31.2 Å². The number of benzene rings is 2. The standard InChI is InChI=1S/C20H20N2O4/c1-2-25-12-15-14-10-6-7-11-16(14)26-18(15)20(24)22-17(19(21)23)13-8-4-3-5-9-13/h3-11,17H,2,12H2,1H3,(H2,21,23)(H,22,24)/t17-/m1/s1. The first-order chi connectivity index (χ1) is 12.6. The molecule has 0 spiro atoms. The van der Waals surface area contributed by atoms with Crippen molar-refractivity contribution in [2.75, 3.05) is 6.61 Å². The van der Waals surface area contributed by atoms with Gasteiger partial charge in [0.05, 0.1) is 6.61 Å². The van der Waals surface area contributed by atoms with Gasteiger partial charge in [0.1, 0.15) is 11.6 Å². The van der Waals surface area contributed by atoms with E-state index in [0.29, 0.717) is 23.3 Å². The highest BCUT2D eigenvalue weighted by atomic mass is 16.5. The van der Waals surface area contributed by atoms with E-state index < -0.39 is 17.9 Å². The van der Waals surface area contributed by atoms with E-state index in [0.717, 1.165) is 5.39 Å². The molecule has 6 nitrogen and oxygen atoms in total. The lowest BCUT2D eigenvalue weighted by Crippen LogP contribution is -2.37. The summed E-state index contributed by atoms with van der Waals surface area (Å²) in [4.78, 5) is 24.7. The van der Waals surface area contributed by atoms with E-state index in [-0.39, 0.29) is 12.4 Å². The molecule has 3 aromatic rings. The Kier molecular flexibility index (Phi) is 5.34. The second-order valence-corrected chi connectivity index (χ2v) is 5.76. The van der Waals surface area contributed by atoms with Crippen LogP contribution in [0.2, 0.25) is 0 Å². The number of carbonyl (C=O) groups excluding carboxylic acids is 2. The number of amides is 2. The Morgan fingerprint density at radius 3 is 2.50 bits per heavy atom. The molecule has 1 aromatic heterocycles. The number of para-hydroxylation sites is 1. The molecule has 2 aromatic carbocycles. The molecule has 3 rings (SSSR count). The zero-order chi connectivity index (χ0) is 18.5. The molecule has 26 heavy (non-hydrogen) atoms. The monoisotopic (exact) mass is 352 g/mol. The Labute approximate surface area is 150 Å². The minimum atomic E-state index is -0.947. The summed E-state index contributed by atoms with van der Waals surface area (Å²) in [5.74, 6) is -1.03. The zero-order valence-electron chi connectivity index (χ0n) is 14.4. The number of ether oxygens (including phenoxy) is 1. The third kappa shape index (κ3) is 3.60. The predicted octanol–water partition coefficient (Wildman–Crippen LogP) is 2.93. The third-order valence-corrected chi connectivity index (χ3v) is 4.05. The molecule has 0 saturated heterocycles. The zero-order valence-corrected chi connectivity index (χ0v) is 14.4. The smallest absolute Gasteiger partial charge is 0.288 e. The maximum atomic E-state index is 12.8. The fourth-order valence-corrected chi connectivity index (χ4v) is 2.79. The van der Waals surface area contributed by atoms with Gasteiger partial charge >= 0.3 is 0 Å². The van der Waals surface area contributed by atoms with Crippen LogP contribution in [0, 0.1) is 0 Å². The van der Waals surface area contributed by atoms with E-state index in [4.69, 9.17) is 14.9 Å². The van der Waals surface area contributed by atoms with Crippen molar-refractivity contribution in [3.05, 3.63) is 71.5 Å². The fourth-order valence-electron chi connectivity index (χ4n) is 2.79. The van der Waals surface area contributed by atoms with Crippen LogP contribution >= 0.6 is 0 Å². The number of rotatable bonds is 7. The molecule has 3 N–H and O–H groups in total. The second-order valence-electron chi connectivity index (χ2n) is 5.76. The topological polar surface area (TPSA) is 94.6 Å². The maximum Gasteiger partial charge on any atom is 0.288 e. The first-order valence-corrected chi connectivity index (χ1v) is 8.35. The highest BCUT2D eigenvalue weighted by Gasteiger charge is 2.26. The number of fused-ring (bicyclic) bond motifs is 1. The first-order valence-electron chi connectivity index (χ1n) is 8.35. The number of hydrogen-bond donors (Lipinski definition) is 2. The van der Waals surface area contributed by atoms with Gasteiger partial charge in [0.2, 0.25) is 5.91 Å². The summed E-state index contributed by atoms with van der Waals surface area (Å²) in [6, 6.07) is 15.2. The Hall–Kier alpha value is -3.12. The molecule has 0 fully saturated rings. The van der Waals surface area contributed by atoms with Crippen LogP contribution in [0.1, 0.15) is 34.6 Å². The molecule has 0 aliphatic heterocycles. The van der Waals surface area contributed by atoms with Crippen molar-refractivity contribution < 1.29 is 18.7 Å². The van der Waals surface area contributed by atoms with Crippen molar-refractivity contribution in [1.82, 2.24) is 5.32 Å². The van der Waals surface area contributed by atoms with Crippen LogP contribution in [0.25, 0.3) is 11.0 Å². The third-order valence-electron chi connectivity index (χ3n) is 4.05. The minimum Gasteiger partial charge on any atom is -0.451 e. The molecule has 6 heteroatoms. The van der Waals surface area contributed by atoms with Crippen molar-refractivity contribution in [2.45, 2.75) is 19.6 Å². The van der Waals surface area contributed by atoms with E-state index in [9.17, 15) is 9.59 Å². The molecule has 2 amide bonds. The van der Waals surface area contributed by atoms with Crippen molar-refractivity contribution in [2.24, 2.45) is 5.73 Å². The van der Waals surface area contributed by atoms with Gasteiger partial charge in [-0.1, -0.05) is 48.5 Å². The Morgan fingerprint density at radius 1 is 1.12 bits per heavy atom. The van der Waals surface area contributed by atoms with Crippen LogP contribution in [-0.4, -0.2) is 18.4 Å². The quantitative estimate of drug-likeness (QED) is 0.683. The number of carbonyl (C=O) groups is 2. The van der Waals surface area contributed by atoms with Gasteiger partial charge in [0.15, 0.2) is 5.76 Å². The second kappa shape index (κ2) is 7.84.